The van der Waals surface area contributed by atoms with Gasteiger partial charge in [0, 0.05) is 26.2 Å². The lowest BCUT2D eigenvalue weighted by molar-refractivity contribution is 0.00578. The first-order chi connectivity index (χ1) is 15.3. The number of likely N-dealkylation sites (tertiary alicyclic amines) is 1. The number of nitrogens with zero attached hydrogens (tertiary/aromatic N) is 1. The Hall–Kier alpha value is -1.77. The van der Waals surface area contributed by atoms with E-state index in [2.05, 4.69) is 37.9 Å². The molecule has 1 aliphatic carbocycles. The predicted molar refractivity (Wildman–Crippen MR) is 129 cm³/mol. The number of hydrogen-bond acceptors (Lipinski definition) is 6. The number of amides is 1. The summed E-state index contributed by atoms with van der Waals surface area (Å²) in [4.78, 5) is 14.3. The fourth-order valence-electron chi connectivity index (χ4n) is 4.73. The fraction of sp³-hybridized carbons (Fsp3) is 0.720. The van der Waals surface area contributed by atoms with E-state index in [9.17, 15) is 4.79 Å². The summed E-state index contributed by atoms with van der Waals surface area (Å²) in [5.74, 6) is 2.80. The molecule has 4 rings (SSSR count). The van der Waals surface area contributed by atoms with E-state index in [1.165, 1.54) is 0 Å². The molecule has 0 bridgehead atoms. The number of carbonyl (C=O) groups excluding carboxylic acids is 1. The Balaban J connectivity index is 1.13. The van der Waals surface area contributed by atoms with Crippen LogP contribution in [0.2, 0.25) is 0 Å². The average Bonchev–Trinajstić information content (AvgIpc) is 3.03. The zero-order valence-corrected chi connectivity index (χ0v) is 21.1. The molecule has 1 aromatic carbocycles. The second-order valence-corrected chi connectivity index (χ2v) is 11.6. The summed E-state index contributed by atoms with van der Waals surface area (Å²) in [5, 5.41) is 2.92. The van der Waals surface area contributed by atoms with E-state index >= 15 is 0 Å². The first-order valence-corrected chi connectivity index (χ1v) is 12.1. The fourth-order valence-corrected chi connectivity index (χ4v) is 4.73. The number of carbonyl (C=O) groups is 1. The molecule has 2 atom stereocenters. The quantitative estimate of drug-likeness (QED) is 0.634. The summed E-state index contributed by atoms with van der Waals surface area (Å²) in [6.07, 6.45) is -0.317. The summed E-state index contributed by atoms with van der Waals surface area (Å²) < 4.78 is 23.5. The van der Waals surface area contributed by atoms with Gasteiger partial charge in [-0.3, -0.25) is 4.90 Å². The lowest BCUT2D eigenvalue weighted by atomic mass is 9.79. The normalized spacial score (nSPS) is 27.8. The van der Waals surface area contributed by atoms with Crippen LogP contribution in [0.3, 0.4) is 0 Å². The number of ether oxygens (including phenoxy) is 2. The number of nitrogens with one attached hydrogen (secondary N) is 1. The minimum absolute atomic E-state index is 0.317. The van der Waals surface area contributed by atoms with Crippen molar-refractivity contribution in [2.24, 2.45) is 17.8 Å². The largest absolute Gasteiger partial charge is 0.494 e. The number of hydrogen-bond donors (Lipinski definition) is 1. The molecule has 2 unspecified atom stereocenters. The molecular weight excluding hydrogens is 419 g/mol. The van der Waals surface area contributed by atoms with Gasteiger partial charge in [-0.1, -0.05) is 12.1 Å². The molecule has 0 aromatic heterocycles. The lowest BCUT2D eigenvalue weighted by Crippen LogP contribution is -2.41. The van der Waals surface area contributed by atoms with Crippen LogP contribution in [0.4, 0.5) is 4.79 Å². The maximum Gasteiger partial charge on any atom is 0.494 e. The van der Waals surface area contributed by atoms with Crippen molar-refractivity contribution in [1.29, 1.82) is 0 Å². The SMILES string of the molecule is CC(C)(C)OC(=O)NCC1C2CN(CCOc3ccc(B4OC(C)(C)C(C)(C)O4)cc3)CC12. The monoisotopic (exact) mass is 458 g/mol. The molecule has 1 amide bonds. The molecule has 3 fully saturated rings. The number of fused-ring (bicyclic) bond motifs is 1. The van der Waals surface area contributed by atoms with Crippen LogP contribution in [0.25, 0.3) is 0 Å². The molecule has 2 aliphatic heterocycles. The first-order valence-electron chi connectivity index (χ1n) is 12.1. The highest BCUT2D eigenvalue weighted by atomic mass is 16.7. The Morgan fingerprint density at radius 1 is 1.09 bits per heavy atom. The van der Waals surface area contributed by atoms with Gasteiger partial charge in [-0.2, -0.15) is 0 Å². The highest BCUT2D eigenvalue weighted by molar-refractivity contribution is 6.62. The van der Waals surface area contributed by atoms with Crippen LogP contribution in [0.5, 0.6) is 5.75 Å². The van der Waals surface area contributed by atoms with Crippen LogP contribution in [0.1, 0.15) is 48.5 Å². The van der Waals surface area contributed by atoms with Gasteiger partial charge in [0.2, 0.25) is 0 Å². The van der Waals surface area contributed by atoms with E-state index in [4.69, 9.17) is 18.8 Å². The number of benzene rings is 1. The summed E-state index contributed by atoms with van der Waals surface area (Å²) in [7, 11) is -0.349. The van der Waals surface area contributed by atoms with Crippen molar-refractivity contribution >= 4 is 18.7 Å². The molecule has 3 aliphatic rings. The Morgan fingerprint density at radius 3 is 2.21 bits per heavy atom. The predicted octanol–water partition coefficient (Wildman–Crippen LogP) is 3.07. The molecule has 182 valence electrons. The van der Waals surface area contributed by atoms with Crippen molar-refractivity contribution < 1.29 is 23.6 Å². The minimum atomic E-state index is -0.452. The third-order valence-electron chi connectivity index (χ3n) is 7.41. The van der Waals surface area contributed by atoms with Crippen molar-refractivity contribution in [2.75, 3.05) is 32.8 Å². The standard InChI is InChI=1S/C25H39BN2O5/c1-23(2,3)31-22(29)27-14-19-20-15-28(16-21(19)20)12-13-30-18-10-8-17(9-11-18)26-32-24(4,5)25(6,7)33-26/h8-11,19-21H,12-16H2,1-7H3,(H,27,29). The maximum absolute atomic E-state index is 11.8. The van der Waals surface area contributed by atoms with Gasteiger partial charge < -0.3 is 24.1 Å². The van der Waals surface area contributed by atoms with Gasteiger partial charge in [0.15, 0.2) is 0 Å². The van der Waals surface area contributed by atoms with Crippen molar-refractivity contribution in [3.05, 3.63) is 24.3 Å². The third-order valence-corrected chi connectivity index (χ3v) is 7.41. The van der Waals surface area contributed by atoms with Crippen LogP contribution in [0.15, 0.2) is 24.3 Å². The highest BCUT2D eigenvalue weighted by Gasteiger charge is 2.55. The summed E-state index contributed by atoms with van der Waals surface area (Å²) in [6, 6.07) is 8.01. The highest BCUT2D eigenvalue weighted by Crippen LogP contribution is 2.51. The van der Waals surface area contributed by atoms with Crippen molar-refractivity contribution in [2.45, 2.75) is 65.3 Å². The van der Waals surface area contributed by atoms with Crippen LogP contribution in [-0.4, -0.2) is 67.7 Å². The second-order valence-electron chi connectivity index (χ2n) is 11.6. The number of piperidine rings is 1. The van der Waals surface area contributed by atoms with E-state index in [0.717, 1.165) is 30.8 Å². The number of alkyl carbamates (subject to hydrolysis) is 1. The zero-order chi connectivity index (χ0) is 24.0. The molecular formula is C25H39BN2O5. The van der Waals surface area contributed by atoms with Crippen LogP contribution < -0.4 is 15.5 Å². The molecule has 2 heterocycles. The van der Waals surface area contributed by atoms with Gasteiger partial charge in [0.25, 0.3) is 0 Å². The molecule has 8 heteroatoms. The van der Waals surface area contributed by atoms with E-state index in [1.54, 1.807) is 0 Å². The van der Waals surface area contributed by atoms with Gasteiger partial charge in [-0.15, -0.1) is 0 Å². The topological polar surface area (TPSA) is 69.3 Å². The molecule has 0 radical (unpaired) electrons. The van der Waals surface area contributed by atoms with Gasteiger partial charge in [0.1, 0.15) is 18.0 Å². The molecule has 1 saturated carbocycles. The van der Waals surface area contributed by atoms with E-state index in [0.29, 0.717) is 30.9 Å². The van der Waals surface area contributed by atoms with E-state index in [-0.39, 0.29) is 24.4 Å². The zero-order valence-electron chi connectivity index (χ0n) is 21.1. The molecule has 0 spiro atoms. The first kappa shape index (κ1) is 24.4. The molecule has 7 nitrogen and oxygen atoms in total. The lowest BCUT2D eigenvalue weighted by Gasteiger charge is -2.32. The van der Waals surface area contributed by atoms with Gasteiger partial charge in [-0.05, 0) is 83.8 Å². The van der Waals surface area contributed by atoms with Gasteiger partial charge in [-0.25, -0.2) is 4.79 Å². The van der Waals surface area contributed by atoms with Crippen LogP contribution in [-0.2, 0) is 14.0 Å². The maximum atomic E-state index is 11.8. The summed E-state index contributed by atoms with van der Waals surface area (Å²) >= 11 is 0. The molecule has 33 heavy (non-hydrogen) atoms. The summed E-state index contributed by atoms with van der Waals surface area (Å²) in [5.41, 5.74) is -0.124. The van der Waals surface area contributed by atoms with Crippen LogP contribution in [0, 0.1) is 17.8 Å². The number of rotatable bonds is 7. The van der Waals surface area contributed by atoms with Crippen LogP contribution >= 0.6 is 0 Å². The molecule has 2 saturated heterocycles. The Kier molecular flexibility index (Phi) is 6.49. The summed E-state index contributed by atoms with van der Waals surface area (Å²) in [6.45, 7) is 18.3. The third kappa shape index (κ3) is 5.66. The molecule has 1 aromatic rings. The minimum Gasteiger partial charge on any atom is -0.492 e. The van der Waals surface area contributed by atoms with Gasteiger partial charge >= 0.3 is 13.2 Å². The Labute approximate surface area is 198 Å². The van der Waals surface area contributed by atoms with Crippen molar-refractivity contribution in [3.8, 4) is 5.75 Å². The van der Waals surface area contributed by atoms with E-state index < -0.39 is 5.60 Å². The van der Waals surface area contributed by atoms with Crippen molar-refractivity contribution in [1.82, 2.24) is 10.2 Å². The second kappa shape index (κ2) is 8.79. The van der Waals surface area contributed by atoms with Gasteiger partial charge in [0.05, 0.1) is 11.2 Å². The van der Waals surface area contributed by atoms with E-state index in [1.807, 2.05) is 45.0 Å². The van der Waals surface area contributed by atoms with Crippen molar-refractivity contribution in [3.63, 3.8) is 0 Å². The molecule has 1 N–H and O–H groups in total. The Bertz CT molecular complexity index is 823. The average molecular weight is 458 g/mol. The Morgan fingerprint density at radius 2 is 1.67 bits per heavy atom. The smallest absolute Gasteiger partial charge is 0.492 e.